The Balaban J connectivity index is 1.75. The van der Waals surface area contributed by atoms with Gasteiger partial charge >= 0.3 is 0 Å². The van der Waals surface area contributed by atoms with Crippen LogP contribution in [0.3, 0.4) is 0 Å². The molecule has 2 rings (SSSR count). The van der Waals surface area contributed by atoms with E-state index >= 15 is 0 Å². The number of ether oxygens (including phenoxy) is 3. The molecule has 2 saturated heterocycles. The first-order valence-corrected chi connectivity index (χ1v) is 6.94. The molecule has 3 N–H and O–H groups in total. The summed E-state index contributed by atoms with van der Waals surface area (Å²) in [6.45, 7) is 6.39. The highest BCUT2D eigenvalue weighted by Gasteiger charge is 2.48. The topological polar surface area (TPSA) is 82.8 Å². The molecule has 0 saturated carbocycles. The molecule has 0 aromatic heterocycles. The van der Waals surface area contributed by atoms with Crippen molar-refractivity contribution in [1.29, 1.82) is 0 Å². The maximum Gasteiger partial charge on any atom is 0.243 e. The predicted octanol–water partition coefficient (Wildman–Crippen LogP) is -0.341. The molecule has 2 fully saturated rings. The summed E-state index contributed by atoms with van der Waals surface area (Å²) in [5.74, 6) is 0.217. The van der Waals surface area contributed by atoms with Gasteiger partial charge in [-0.25, -0.2) is 0 Å². The smallest absolute Gasteiger partial charge is 0.243 e. The monoisotopic (exact) mass is 272 g/mol. The van der Waals surface area contributed by atoms with Gasteiger partial charge in [-0.1, -0.05) is 13.8 Å². The number of amides is 1. The van der Waals surface area contributed by atoms with Crippen molar-refractivity contribution in [3.05, 3.63) is 0 Å². The van der Waals surface area contributed by atoms with E-state index < -0.39 is 5.91 Å². The highest BCUT2D eigenvalue weighted by atomic mass is 16.6. The highest BCUT2D eigenvalue weighted by Crippen LogP contribution is 2.28. The SMILES string of the molecule is CC(C)CCNC1COC2C(OCC(N)=O)COC12. The Morgan fingerprint density at radius 3 is 2.79 bits per heavy atom. The van der Waals surface area contributed by atoms with Crippen molar-refractivity contribution >= 4 is 5.91 Å². The fourth-order valence-corrected chi connectivity index (χ4v) is 2.53. The molecule has 0 bridgehead atoms. The van der Waals surface area contributed by atoms with Crippen molar-refractivity contribution < 1.29 is 19.0 Å². The summed E-state index contributed by atoms with van der Waals surface area (Å²) in [5.41, 5.74) is 5.07. The van der Waals surface area contributed by atoms with Gasteiger partial charge in [0.25, 0.3) is 0 Å². The van der Waals surface area contributed by atoms with Crippen LogP contribution in [0.5, 0.6) is 0 Å². The molecule has 0 aromatic carbocycles. The molecule has 0 radical (unpaired) electrons. The van der Waals surface area contributed by atoms with Crippen molar-refractivity contribution in [1.82, 2.24) is 5.32 Å². The van der Waals surface area contributed by atoms with Gasteiger partial charge in [0.1, 0.15) is 24.9 Å². The first kappa shape index (κ1) is 14.7. The second kappa shape index (κ2) is 6.65. The molecule has 2 aliphatic rings. The van der Waals surface area contributed by atoms with Gasteiger partial charge < -0.3 is 25.3 Å². The quantitative estimate of drug-likeness (QED) is 0.662. The number of nitrogens with one attached hydrogen (secondary N) is 1. The van der Waals surface area contributed by atoms with E-state index in [2.05, 4.69) is 19.2 Å². The van der Waals surface area contributed by atoms with E-state index in [4.69, 9.17) is 19.9 Å². The van der Waals surface area contributed by atoms with Crippen LogP contribution in [0.15, 0.2) is 0 Å². The number of carbonyl (C=O) groups is 1. The third-order valence-corrected chi connectivity index (χ3v) is 3.58. The molecule has 2 heterocycles. The van der Waals surface area contributed by atoms with Crippen LogP contribution in [-0.2, 0) is 19.0 Å². The Morgan fingerprint density at radius 2 is 2.11 bits per heavy atom. The van der Waals surface area contributed by atoms with Gasteiger partial charge in [0.05, 0.1) is 19.3 Å². The Labute approximate surface area is 113 Å². The second-order valence-electron chi connectivity index (χ2n) is 5.65. The van der Waals surface area contributed by atoms with E-state index in [-0.39, 0.29) is 31.0 Å². The zero-order valence-corrected chi connectivity index (χ0v) is 11.6. The lowest BCUT2D eigenvalue weighted by Gasteiger charge is -2.18. The van der Waals surface area contributed by atoms with E-state index in [9.17, 15) is 4.79 Å². The van der Waals surface area contributed by atoms with Crippen LogP contribution >= 0.6 is 0 Å². The van der Waals surface area contributed by atoms with Gasteiger partial charge in [0, 0.05) is 0 Å². The molecule has 2 aliphatic heterocycles. The Bertz CT molecular complexity index is 311. The van der Waals surface area contributed by atoms with Crippen molar-refractivity contribution in [3.8, 4) is 0 Å². The molecular formula is C13H24N2O4. The predicted molar refractivity (Wildman–Crippen MR) is 69.7 cm³/mol. The van der Waals surface area contributed by atoms with Crippen LogP contribution in [0.4, 0.5) is 0 Å². The first-order valence-electron chi connectivity index (χ1n) is 6.94. The number of nitrogens with two attached hydrogens (primary N) is 1. The summed E-state index contributed by atoms with van der Waals surface area (Å²) < 4.78 is 16.9. The lowest BCUT2D eigenvalue weighted by Crippen LogP contribution is -2.42. The molecule has 4 atom stereocenters. The van der Waals surface area contributed by atoms with E-state index in [0.717, 1.165) is 13.0 Å². The van der Waals surface area contributed by atoms with E-state index in [1.54, 1.807) is 0 Å². The number of rotatable bonds is 7. The summed E-state index contributed by atoms with van der Waals surface area (Å²) >= 11 is 0. The van der Waals surface area contributed by atoms with Gasteiger partial charge in [-0.15, -0.1) is 0 Å². The van der Waals surface area contributed by atoms with Crippen LogP contribution in [0.1, 0.15) is 20.3 Å². The third kappa shape index (κ3) is 3.89. The Kier molecular flexibility index (Phi) is 5.15. The van der Waals surface area contributed by atoms with E-state index in [1.807, 2.05) is 0 Å². The average Bonchev–Trinajstić information content (AvgIpc) is 2.89. The summed E-state index contributed by atoms with van der Waals surface area (Å²) in [5, 5.41) is 3.47. The van der Waals surface area contributed by atoms with Crippen molar-refractivity contribution in [2.24, 2.45) is 11.7 Å². The molecule has 4 unspecified atom stereocenters. The third-order valence-electron chi connectivity index (χ3n) is 3.58. The van der Waals surface area contributed by atoms with Gasteiger partial charge in [0.15, 0.2) is 0 Å². The number of hydrogen-bond donors (Lipinski definition) is 2. The summed E-state index contributed by atoms with van der Waals surface area (Å²) in [4.78, 5) is 10.7. The van der Waals surface area contributed by atoms with Crippen LogP contribution < -0.4 is 11.1 Å². The highest BCUT2D eigenvalue weighted by molar-refractivity contribution is 5.75. The molecule has 6 nitrogen and oxygen atoms in total. The normalized spacial score (nSPS) is 33.8. The molecule has 19 heavy (non-hydrogen) atoms. The maximum absolute atomic E-state index is 10.7. The first-order chi connectivity index (χ1) is 9.08. The van der Waals surface area contributed by atoms with Crippen molar-refractivity contribution in [3.63, 3.8) is 0 Å². The van der Waals surface area contributed by atoms with Crippen LogP contribution in [0.2, 0.25) is 0 Å². The van der Waals surface area contributed by atoms with Crippen LogP contribution in [0, 0.1) is 5.92 Å². The standard InChI is InChI=1S/C13H24N2O4/c1-8(2)3-4-15-9-5-18-13-10(6-19-12(9)13)17-7-11(14)16/h8-10,12-13,15H,3-7H2,1-2H3,(H2,14,16). The van der Waals surface area contributed by atoms with Crippen LogP contribution in [0.25, 0.3) is 0 Å². The van der Waals surface area contributed by atoms with Crippen molar-refractivity contribution in [2.75, 3.05) is 26.4 Å². The minimum atomic E-state index is -0.465. The minimum Gasteiger partial charge on any atom is -0.371 e. The Hall–Kier alpha value is -0.690. The number of fused-ring (bicyclic) bond motifs is 1. The lowest BCUT2D eigenvalue weighted by atomic mass is 10.1. The summed E-state index contributed by atoms with van der Waals surface area (Å²) in [6.07, 6.45) is 0.880. The van der Waals surface area contributed by atoms with E-state index in [1.165, 1.54) is 0 Å². The van der Waals surface area contributed by atoms with Crippen molar-refractivity contribution in [2.45, 2.75) is 44.6 Å². The molecule has 0 aromatic rings. The molecule has 1 amide bonds. The maximum atomic E-state index is 10.7. The zero-order valence-electron chi connectivity index (χ0n) is 11.6. The second-order valence-corrected chi connectivity index (χ2v) is 5.65. The van der Waals surface area contributed by atoms with Gasteiger partial charge in [-0.05, 0) is 18.9 Å². The zero-order chi connectivity index (χ0) is 13.8. The summed E-state index contributed by atoms with van der Waals surface area (Å²) in [7, 11) is 0. The number of carbonyl (C=O) groups excluding carboxylic acids is 1. The summed E-state index contributed by atoms with van der Waals surface area (Å²) in [6, 6.07) is 0.214. The van der Waals surface area contributed by atoms with Crippen LogP contribution in [-0.4, -0.2) is 56.6 Å². The van der Waals surface area contributed by atoms with E-state index in [0.29, 0.717) is 19.1 Å². The molecular weight excluding hydrogens is 248 g/mol. The fourth-order valence-electron chi connectivity index (χ4n) is 2.53. The molecule has 6 heteroatoms. The number of primary amides is 1. The Morgan fingerprint density at radius 1 is 1.37 bits per heavy atom. The van der Waals surface area contributed by atoms with Gasteiger partial charge in [0.2, 0.25) is 5.91 Å². The molecule has 110 valence electrons. The fraction of sp³-hybridized carbons (Fsp3) is 0.923. The number of hydrogen-bond acceptors (Lipinski definition) is 5. The average molecular weight is 272 g/mol. The molecule has 0 spiro atoms. The van der Waals surface area contributed by atoms with Gasteiger partial charge in [-0.2, -0.15) is 0 Å². The van der Waals surface area contributed by atoms with Gasteiger partial charge in [-0.3, -0.25) is 4.79 Å². The molecule has 0 aliphatic carbocycles. The largest absolute Gasteiger partial charge is 0.371 e. The minimum absolute atomic E-state index is 0.0186. The lowest BCUT2D eigenvalue weighted by molar-refractivity contribution is -0.126.